The van der Waals surface area contributed by atoms with Gasteiger partial charge in [0.2, 0.25) is 41.2 Å². The first-order valence-electron chi connectivity index (χ1n) is 34.3. The predicted molar refractivity (Wildman–Crippen MR) is 412 cm³/mol. The van der Waals surface area contributed by atoms with Crippen LogP contribution >= 0.6 is 11.6 Å². The SMILES string of the molecule is Cc1nc2c(F)cc(F)cc2n1-c1nc(N)c(F)c(Nc2ccc(Cl)cc2)n1.Cc1nc2c(F)cc(F)cc2n1-c1nc(N)c(F)c(Nc2ccc(OC(F)(F)F)cc2)n1.Cc1nc2ccc([N+](=O)[O-])cc2n1-c1nc(N)c(F)c(Nc2ccc(C(F)(F)F)cc2)n1.Cc1nc2ccccc2n1-c1nc(N)cc(Nc2ccc(OC(F)F)c(F)c2)n1. The second-order valence-corrected chi connectivity index (χ2v) is 25.7. The molecule has 0 aliphatic heterocycles. The molecular weight excluding hydrogens is 1650 g/mol. The average molecular weight is 1710 g/mol. The molecule has 0 saturated heterocycles. The Bertz CT molecular complexity index is 6660. The molecule has 29 nitrogen and oxygen atoms in total. The van der Waals surface area contributed by atoms with E-state index < -0.39 is 111 Å². The number of non-ortho nitro benzene ring substituents is 1. The van der Waals surface area contributed by atoms with Crippen LogP contribution in [0.25, 0.3) is 67.9 Å². The zero-order valence-electron chi connectivity index (χ0n) is 61.6. The van der Waals surface area contributed by atoms with Gasteiger partial charge in [-0.3, -0.25) is 28.4 Å². The van der Waals surface area contributed by atoms with E-state index in [-0.39, 0.29) is 97.7 Å². The summed E-state index contributed by atoms with van der Waals surface area (Å²) in [7, 11) is 0. The van der Waals surface area contributed by atoms with E-state index in [9.17, 15) is 80.4 Å². The minimum Gasteiger partial charge on any atom is -0.432 e. The number of rotatable bonds is 16. The lowest BCUT2D eigenvalue weighted by Crippen LogP contribution is -2.17. The minimum absolute atomic E-state index is 0.00869. The number of nitrogens with two attached hydrogens (primary N) is 4. The van der Waals surface area contributed by atoms with E-state index in [1.54, 1.807) is 42.7 Å². The van der Waals surface area contributed by atoms with Crippen LogP contribution < -0.4 is 53.7 Å². The Balaban J connectivity index is 0.000000139. The molecule has 0 bridgehead atoms. The first-order valence-corrected chi connectivity index (χ1v) is 34.7. The highest BCUT2D eigenvalue weighted by Crippen LogP contribution is 2.36. The van der Waals surface area contributed by atoms with E-state index in [0.29, 0.717) is 45.3 Å². The molecule has 121 heavy (non-hydrogen) atoms. The number of nitro groups is 1. The molecule has 0 radical (unpaired) electrons. The summed E-state index contributed by atoms with van der Waals surface area (Å²) in [6.07, 6.45) is -9.37. The van der Waals surface area contributed by atoms with Crippen molar-refractivity contribution in [3.63, 3.8) is 0 Å². The molecule has 0 saturated carbocycles. The Kier molecular flexibility index (Phi) is 23.2. The fourth-order valence-electron chi connectivity index (χ4n) is 11.8. The normalized spacial score (nSPS) is 11.5. The van der Waals surface area contributed by atoms with Crippen molar-refractivity contribution in [1.29, 1.82) is 0 Å². The molecule has 0 unspecified atom stereocenters. The highest BCUT2D eigenvalue weighted by atomic mass is 35.5. The van der Waals surface area contributed by atoms with Crippen molar-refractivity contribution < 1.29 is 84.6 Å². The molecular formula is C75H52ClF16N25O4. The Morgan fingerprint density at radius 2 is 0.868 bits per heavy atom. The van der Waals surface area contributed by atoms with Crippen molar-refractivity contribution in [3.05, 3.63) is 254 Å². The van der Waals surface area contributed by atoms with E-state index >= 15 is 0 Å². The number of alkyl halides is 8. The lowest BCUT2D eigenvalue weighted by Gasteiger charge is -2.13. The fourth-order valence-corrected chi connectivity index (χ4v) is 11.9. The Morgan fingerprint density at radius 1 is 0.438 bits per heavy atom. The molecule has 8 aromatic carbocycles. The summed E-state index contributed by atoms with van der Waals surface area (Å²) in [4.78, 5) is 60.0. The standard InChI is InChI=1S/C19H12F6N6O.C19H13F4N7O2.C19H15F3N6O.C18H12ClF3N6/c1-8-27-15-12(21)6-9(20)7-13(15)31(8)18-29-16(26)14(22)17(30-18)28-10-2-4-11(5-3-10)32-19(23,24)25;1-9-25-13-7-6-12(30(31)32)8-14(13)29(9)18-27-16(24)15(20)17(28-18)26-11-4-2-10(3-5-11)19(21,22)23;1-10-24-13-4-2-3-5-14(13)28(10)19-26-16(23)9-17(27-19)25-11-6-7-15(12(20)8-11)29-18(21)22;1-8-24-15-12(21)6-10(20)7-13(15)28(8)18-26-16(23)14(22)17(27-18)25-11-4-2-9(19)3-5-11/h2-7H,1H3,(H3,26,28,29,30);2-8H,1H3,(H3,24,26,27,28);2-9,18H,1H3,(H3,23,25,26,27);2-7H,1H3,(H3,23,25,26,27). The molecule has 0 aliphatic carbocycles. The highest BCUT2D eigenvalue weighted by molar-refractivity contribution is 6.30. The van der Waals surface area contributed by atoms with Gasteiger partial charge in [0.15, 0.2) is 58.1 Å². The number of halogens is 17. The molecule has 8 aromatic heterocycles. The highest BCUT2D eigenvalue weighted by Gasteiger charge is 2.33. The van der Waals surface area contributed by atoms with Crippen molar-refractivity contribution in [1.82, 2.24) is 78.1 Å². The van der Waals surface area contributed by atoms with Crippen LogP contribution in [0.1, 0.15) is 28.9 Å². The summed E-state index contributed by atoms with van der Waals surface area (Å²) < 4.78 is 226. The summed E-state index contributed by atoms with van der Waals surface area (Å²) in [6.45, 7) is 3.34. The molecule has 12 N–H and O–H groups in total. The average Bonchev–Trinajstić information content (AvgIpc) is 1.63. The van der Waals surface area contributed by atoms with Crippen LogP contribution in [-0.2, 0) is 6.18 Å². The van der Waals surface area contributed by atoms with Gasteiger partial charge in [-0.25, -0.2) is 41.9 Å². The summed E-state index contributed by atoms with van der Waals surface area (Å²) in [5, 5.41) is 22.5. The number of aryl methyl sites for hydroxylation is 4. The van der Waals surface area contributed by atoms with Crippen molar-refractivity contribution in [2.24, 2.45) is 0 Å². The van der Waals surface area contributed by atoms with Crippen LogP contribution in [0.4, 0.5) is 145 Å². The third-order valence-electron chi connectivity index (χ3n) is 16.9. The first-order chi connectivity index (χ1) is 57.3. The summed E-state index contributed by atoms with van der Waals surface area (Å²) in [5.41, 5.74) is 25.1. The number of anilines is 12. The monoisotopic (exact) mass is 1710 g/mol. The lowest BCUT2D eigenvalue weighted by atomic mass is 10.2. The van der Waals surface area contributed by atoms with Crippen LogP contribution in [0.3, 0.4) is 0 Å². The predicted octanol–water partition coefficient (Wildman–Crippen LogP) is 18.0. The number of imidazole rings is 4. The van der Waals surface area contributed by atoms with E-state index in [1.807, 2.05) is 31.2 Å². The number of ether oxygens (including phenoxy) is 2. The van der Waals surface area contributed by atoms with Gasteiger partial charge in [-0.1, -0.05) is 23.7 Å². The van der Waals surface area contributed by atoms with Crippen LogP contribution in [0, 0.1) is 84.3 Å². The maximum atomic E-state index is 14.6. The Hall–Kier alpha value is -15.5. The molecule has 0 atom stereocenters. The third kappa shape index (κ3) is 18.7. The first kappa shape index (κ1) is 83.5. The second kappa shape index (κ2) is 33.6. The quantitative estimate of drug-likeness (QED) is 0.0253. The zero-order valence-corrected chi connectivity index (χ0v) is 62.4. The zero-order chi connectivity index (χ0) is 87.0. The van der Waals surface area contributed by atoms with Gasteiger partial charge in [0.25, 0.3) is 5.69 Å². The molecule has 0 spiro atoms. The molecule has 16 rings (SSSR count). The van der Waals surface area contributed by atoms with Gasteiger partial charge < -0.3 is 53.7 Å². The number of nitro benzene ring substituents is 1. The van der Waals surface area contributed by atoms with Crippen LogP contribution in [0.2, 0.25) is 5.02 Å². The minimum atomic E-state index is -4.86. The summed E-state index contributed by atoms with van der Waals surface area (Å²) in [6, 6.07) is 34.8. The van der Waals surface area contributed by atoms with Gasteiger partial charge in [0.1, 0.15) is 63.4 Å². The van der Waals surface area contributed by atoms with Gasteiger partial charge in [0.05, 0.1) is 43.6 Å². The Labute approximate surface area is 671 Å². The van der Waals surface area contributed by atoms with Gasteiger partial charge in [-0.15, -0.1) is 13.2 Å². The molecule has 620 valence electrons. The van der Waals surface area contributed by atoms with Crippen LogP contribution in [0.5, 0.6) is 11.5 Å². The van der Waals surface area contributed by atoms with Gasteiger partial charge in [-0.2, -0.15) is 75.0 Å². The largest absolute Gasteiger partial charge is 0.573 e. The van der Waals surface area contributed by atoms with Gasteiger partial charge in [-0.05, 0) is 131 Å². The molecule has 0 fully saturated rings. The van der Waals surface area contributed by atoms with Crippen molar-refractivity contribution in [2.75, 3.05) is 44.2 Å². The van der Waals surface area contributed by atoms with Gasteiger partial charge >= 0.3 is 19.2 Å². The fraction of sp³-hybridized carbons (Fsp3) is 0.0933. The molecule has 0 amide bonds. The number of benzene rings is 8. The van der Waals surface area contributed by atoms with Crippen molar-refractivity contribution in [2.45, 2.75) is 46.8 Å². The molecule has 46 heteroatoms. The number of aromatic nitrogens is 16. The van der Waals surface area contributed by atoms with E-state index in [1.165, 1.54) is 63.1 Å². The number of hydrogen-bond donors (Lipinski definition) is 8. The third-order valence-corrected chi connectivity index (χ3v) is 17.2. The summed E-state index contributed by atoms with van der Waals surface area (Å²) >= 11 is 5.84. The molecule has 16 aromatic rings. The van der Waals surface area contributed by atoms with Crippen LogP contribution in [-0.4, -0.2) is 96.0 Å². The number of nitrogens with one attached hydrogen (secondary N) is 4. The smallest absolute Gasteiger partial charge is 0.432 e. The number of nitrogen functional groups attached to an aromatic ring is 4. The Morgan fingerprint density at radius 3 is 1.33 bits per heavy atom. The van der Waals surface area contributed by atoms with Gasteiger partial charge in [0, 0.05) is 76.3 Å². The number of hydrogen-bond acceptors (Lipinski definition) is 24. The number of para-hydroxylation sites is 2. The summed E-state index contributed by atoms with van der Waals surface area (Å²) in [5.74, 6) is -9.01. The lowest BCUT2D eigenvalue weighted by molar-refractivity contribution is -0.384. The van der Waals surface area contributed by atoms with Crippen molar-refractivity contribution in [3.8, 4) is 35.3 Å². The molecule has 8 heterocycles. The van der Waals surface area contributed by atoms with E-state index in [4.69, 9.17) is 34.5 Å². The van der Waals surface area contributed by atoms with E-state index in [2.05, 4.69) is 90.5 Å². The molecule has 0 aliphatic rings. The van der Waals surface area contributed by atoms with E-state index in [0.717, 1.165) is 77.8 Å². The number of nitrogens with zero attached hydrogens (tertiary/aromatic N) is 17. The second-order valence-electron chi connectivity index (χ2n) is 25.3. The number of fused-ring (bicyclic) bond motifs is 4. The van der Waals surface area contributed by atoms with Crippen molar-refractivity contribution >= 4 is 131 Å². The topological polar surface area (TPSA) is 388 Å². The maximum Gasteiger partial charge on any atom is 0.573 e. The van der Waals surface area contributed by atoms with Crippen LogP contribution in [0.15, 0.2) is 164 Å². The maximum absolute atomic E-state index is 14.6.